The van der Waals surface area contributed by atoms with Gasteiger partial charge in [0, 0.05) is 70.4 Å². The third-order valence-corrected chi connectivity index (χ3v) is 9.32. The van der Waals surface area contributed by atoms with Gasteiger partial charge in [-0.2, -0.15) is 0 Å². The normalized spacial score (nSPS) is 14.3. The molecule has 1 aromatic carbocycles. The van der Waals surface area contributed by atoms with E-state index >= 15 is 0 Å². The van der Waals surface area contributed by atoms with E-state index in [1.54, 1.807) is 56.9 Å². The number of nitrogens with zero attached hydrogens (tertiary/aromatic N) is 3. The zero-order valence-electron chi connectivity index (χ0n) is 37.6. The number of anilines is 1. The Morgan fingerprint density at radius 1 is 0.710 bits per heavy atom. The zero-order valence-corrected chi connectivity index (χ0v) is 37.6. The molecule has 0 spiro atoms. The number of amides is 6. The summed E-state index contributed by atoms with van der Waals surface area (Å²) in [5.41, 5.74) is 5.98. The lowest BCUT2D eigenvalue weighted by Crippen LogP contribution is -2.53. The van der Waals surface area contributed by atoms with E-state index in [-0.39, 0.29) is 81.4 Å². The monoisotopic (exact) mass is 878 g/mol. The van der Waals surface area contributed by atoms with Gasteiger partial charge < -0.3 is 46.9 Å². The highest BCUT2D eigenvalue weighted by Crippen LogP contribution is 2.12. The van der Waals surface area contributed by atoms with Crippen molar-refractivity contribution in [3.63, 3.8) is 0 Å². The first-order chi connectivity index (χ1) is 29.3. The Labute approximate surface area is 365 Å². The van der Waals surface area contributed by atoms with Gasteiger partial charge in [-0.25, -0.2) is 4.79 Å². The summed E-state index contributed by atoms with van der Waals surface area (Å²) in [5, 5.41) is 22.8. The van der Waals surface area contributed by atoms with E-state index in [2.05, 4.69) is 26.6 Å². The second-order valence-electron chi connectivity index (χ2n) is 15.9. The van der Waals surface area contributed by atoms with Crippen LogP contribution in [-0.4, -0.2) is 165 Å². The maximum atomic E-state index is 13.3. The molecule has 0 aromatic heterocycles. The van der Waals surface area contributed by atoms with Crippen molar-refractivity contribution in [3.05, 3.63) is 29.8 Å². The molecule has 20 heteroatoms. The number of benzene rings is 1. The smallest absolute Gasteiger partial charge is 0.317 e. The van der Waals surface area contributed by atoms with E-state index in [4.69, 9.17) is 15.2 Å². The number of carboxylic acid groups (broad SMARTS) is 1. The van der Waals surface area contributed by atoms with E-state index in [0.29, 0.717) is 64.5 Å². The van der Waals surface area contributed by atoms with E-state index in [1.807, 2.05) is 30.6 Å². The molecule has 20 nitrogen and oxygen atoms in total. The largest absolute Gasteiger partial charge is 0.480 e. The number of carboxylic acids is 1. The molecule has 0 aliphatic carbocycles. The van der Waals surface area contributed by atoms with Crippen LogP contribution >= 0.6 is 0 Å². The molecular formula is C42H71N9O11. The Hall–Kier alpha value is -5.18. The summed E-state index contributed by atoms with van der Waals surface area (Å²) >= 11 is 0. The average molecular weight is 878 g/mol. The molecule has 0 saturated carbocycles. The number of ether oxygens (including phenoxy) is 2. The van der Waals surface area contributed by atoms with Crippen molar-refractivity contribution in [3.8, 4) is 0 Å². The standard InChI is InChI=1S/C38H61N7O10.C4H10N2O/c1-26(2)31(46)11-19-54-20-12-39-33(48)22-43-13-14-44(16-18-45(17-15-43)24-35(50)51)23-34(49)42-36(27(3)4)37(52)40-21-32(47)41-30-9-7-29(8-10-30)25-55-38(53)28(5)6;1-2-3-6-4(5)7/h7-10,26-28,36H,11-25H2,1-6H3,(H,39,48)(H,40,52)(H,41,47)(H,42,49)(H,50,51);2-3H2,1H3,(H3,5,6,7). The number of carbonyl (C=O) groups is 8. The minimum absolute atomic E-state index is 0.0497. The van der Waals surface area contributed by atoms with Gasteiger partial charge in [0.05, 0.1) is 45.3 Å². The molecule has 62 heavy (non-hydrogen) atoms. The minimum Gasteiger partial charge on any atom is -0.480 e. The molecule has 6 amide bonds. The molecule has 1 aromatic rings. The van der Waals surface area contributed by atoms with Crippen LogP contribution < -0.4 is 32.3 Å². The van der Waals surface area contributed by atoms with Crippen LogP contribution in [0.4, 0.5) is 10.5 Å². The molecule has 350 valence electrons. The van der Waals surface area contributed by atoms with Crippen molar-refractivity contribution in [1.82, 2.24) is 36.0 Å². The van der Waals surface area contributed by atoms with Crippen LogP contribution in [0.25, 0.3) is 0 Å². The number of Topliss-reactive ketones (excluding diaryl/α,β-unsaturated/α-hetero) is 1. The van der Waals surface area contributed by atoms with Gasteiger partial charge in [0.15, 0.2) is 0 Å². The number of nitrogens with one attached hydrogen (secondary N) is 5. The highest BCUT2D eigenvalue weighted by atomic mass is 16.5. The number of aliphatic carboxylic acids is 1. The molecule has 1 aliphatic rings. The second kappa shape index (κ2) is 30.8. The third-order valence-electron chi connectivity index (χ3n) is 9.32. The fourth-order valence-corrected chi connectivity index (χ4v) is 5.63. The number of urea groups is 1. The summed E-state index contributed by atoms with van der Waals surface area (Å²) < 4.78 is 10.7. The Balaban J connectivity index is 0.00000251. The number of nitrogens with two attached hydrogens (primary N) is 1. The molecular weight excluding hydrogens is 807 g/mol. The van der Waals surface area contributed by atoms with Crippen LogP contribution in [0.3, 0.4) is 0 Å². The van der Waals surface area contributed by atoms with Gasteiger partial charge >= 0.3 is 18.0 Å². The Morgan fingerprint density at radius 2 is 1.27 bits per heavy atom. The minimum atomic E-state index is -0.985. The van der Waals surface area contributed by atoms with Gasteiger partial charge in [-0.1, -0.05) is 60.6 Å². The molecule has 1 aliphatic heterocycles. The van der Waals surface area contributed by atoms with Crippen LogP contribution in [0.2, 0.25) is 0 Å². The average Bonchev–Trinajstić information content (AvgIpc) is 3.29. The first-order valence-corrected chi connectivity index (χ1v) is 21.2. The molecule has 1 atom stereocenters. The highest BCUT2D eigenvalue weighted by molar-refractivity contribution is 5.96. The number of rotatable bonds is 24. The molecule has 0 bridgehead atoms. The number of primary amides is 1. The Morgan fingerprint density at radius 3 is 1.76 bits per heavy atom. The van der Waals surface area contributed by atoms with Gasteiger partial charge in [-0.3, -0.25) is 48.3 Å². The van der Waals surface area contributed by atoms with Crippen LogP contribution in [-0.2, 0) is 49.6 Å². The van der Waals surface area contributed by atoms with Crippen LogP contribution in [0.15, 0.2) is 24.3 Å². The van der Waals surface area contributed by atoms with Crippen molar-refractivity contribution >= 4 is 53.1 Å². The van der Waals surface area contributed by atoms with Gasteiger partial charge in [0.1, 0.15) is 18.4 Å². The van der Waals surface area contributed by atoms with Gasteiger partial charge in [-0.05, 0) is 30.0 Å². The number of ketones is 1. The van der Waals surface area contributed by atoms with Crippen molar-refractivity contribution in [1.29, 1.82) is 0 Å². The van der Waals surface area contributed by atoms with Crippen LogP contribution in [0.1, 0.15) is 66.9 Å². The number of carbonyl (C=O) groups excluding carboxylic acids is 7. The maximum Gasteiger partial charge on any atom is 0.317 e. The molecule has 2 rings (SSSR count). The number of hydrogen-bond donors (Lipinski definition) is 7. The fourth-order valence-electron chi connectivity index (χ4n) is 5.63. The van der Waals surface area contributed by atoms with Crippen molar-refractivity contribution in [2.45, 2.75) is 74.0 Å². The van der Waals surface area contributed by atoms with E-state index in [9.17, 15) is 43.5 Å². The van der Waals surface area contributed by atoms with Gasteiger partial charge in [-0.15, -0.1) is 0 Å². The fraction of sp³-hybridized carbons (Fsp3) is 0.667. The number of esters is 1. The van der Waals surface area contributed by atoms with Gasteiger partial charge in [0.25, 0.3) is 0 Å². The lowest BCUT2D eigenvalue weighted by Gasteiger charge is -2.27. The highest BCUT2D eigenvalue weighted by Gasteiger charge is 2.27. The van der Waals surface area contributed by atoms with Crippen LogP contribution in [0, 0.1) is 17.8 Å². The lowest BCUT2D eigenvalue weighted by atomic mass is 10.0. The van der Waals surface area contributed by atoms with E-state index in [1.165, 1.54) is 0 Å². The predicted molar refractivity (Wildman–Crippen MR) is 233 cm³/mol. The topological polar surface area (TPSA) is 271 Å². The molecule has 1 heterocycles. The summed E-state index contributed by atoms with van der Waals surface area (Å²) in [7, 11) is 0. The number of hydrogen-bond acceptors (Lipinski definition) is 13. The summed E-state index contributed by atoms with van der Waals surface area (Å²) in [6.45, 7) is 16.3. The zero-order chi connectivity index (χ0) is 46.6. The summed E-state index contributed by atoms with van der Waals surface area (Å²) in [6, 6.07) is 5.40. The van der Waals surface area contributed by atoms with Crippen LogP contribution in [0.5, 0.6) is 0 Å². The molecule has 1 fully saturated rings. The molecule has 1 unspecified atom stereocenters. The Kier molecular flexibility index (Phi) is 27.2. The molecule has 8 N–H and O–H groups in total. The Bertz CT molecular complexity index is 1580. The quantitative estimate of drug-likeness (QED) is 0.0548. The van der Waals surface area contributed by atoms with Gasteiger partial charge in [0.2, 0.25) is 23.6 Å². The maximum absolute atomic E-state index is 13.3. The third kappa shape index (κ3) is 25.6. The summed E-state index contributed by atoms with van der Waals surface area (Å²) in [4.78, 5) is 102. The lowest BCUT2D eigenvalue weighted by molar-refractivity contribution is -0.148. The first kappa shape index (κ1) is 54.8. The SMILES string of the molecule is CC(C)C(=O)CCOCCNC(=O)CN1CCN(CC(=O)O)CCN(CC(=O)NC(C(=O)NCC(=O)Nc2ccc(COC(=O)C(C)C)cc2)C(C)C)CC1.CCCNC(N)=O. The van der Waals surface area contributed by atoms with E-state index < -0.39 is 35.8 Å². The molecule has 0 radical (unpaired) electrons. The van der Waals surface area contributed by atoms with Crippen molar-refractivity contribution in [2.75, 3.05) is 97.1 Å². The first-order valence-electron chi connectivity index (χ1n) is 21.2. The molecule has 1 saturated heterocycles. The van der Waals surface area contributed by atoms with E-state index in [0.717, 1.165) is 12.0 Å². The predicted octanol–water partition coefficient (Wildman–Crippen LogP) is 0.398. The second-order valence-corrected chi connectivity index (χ2v) is 15.9. The summed E-state index contributed by atoms with van der Waals surface area (Å²) in [5.74, 6) is -3.39. The summed E-state index contributed by atoms with van der Waals surface area (Å²) in [6.07, 6.45) is 1.26. The van der Waals surface area contributed by atoms with Crippen molar-refractivity contribution < 1.29 is 52.9 Å². The van der Waals surface area contributed by atoms with Crippen molar-refractivity contribution in [2.24, 2.45) is 23.5 Å².